The highest BCUT2D eigenvalue weighted by molar-refractivity contribution is 6.03. The van der Waals surface area contributed by atoms with E-state index in [2.05, 4.69) is 47.4 Å². The smallest absolute Gasteiger partial charge is 0.303 e. The zero-order valence-corrected chi connectivity index (χ0v) is 57.4. The highest BCUT2D eigenvalue weighted by Crippen LogP contribution is 2.21. The van der Waals surface area contributed by atoms with Crippen molar-refractivity contribution in [2.45, 2.75) is 360 Å². The van der Waals surface area contributed by atoms with Gasteiger partial charge in [0.15, 0.2) is 0 Å². The lowest BCUT2D eigenvalue weighted by molar-refractivity contribution is -0.140. The van der Waals surface area contributed by atoms with Crippen LogP contribution in [0.4, 0.5) is 0 Å². The molecule has 4 unspecified atom stereocenters. The summed E-state index contributed by atoms with van der Waals surface area (Å²) >= 11 is 0. The number of amides is 7. The van der Waals surface area contributed by atoms with Crippen LogP contribution in [0.5, 0.6) is 0 Å². The Labute approximate surface area is 541 Å². The van der Waals surface area contributed by atoms with E-state index in [1.54, 1.807) is 6.92 Å². The molecule has 6 N–H and O–H groups in total. The Bertz CT molecular complexity index is 1800. The predicted molar refractivity (Wildman–Crippen MR) is 360 cm³/mol. The molecule has 0 aliphatic carbocycles. The van der Waals surface area contributed by atoms with Crippen LogP contribution in [0.25, 0.3) is 0 Å². The summed E-state index contributed by atoms with van der Waals surface area (Å²) in [4.78, 5) is 106. The van der Waals surface area contributed by atoms with Gasteiger partial charge in [-0.05, 0) is 44.9 Å². The van der Waals surface area contributed by atoms with Gasteiger partial charge in [-0.2, -0.15) is 0 Å². The maximum absolute atomic E-state index is 14.6. The summed E-state index contributed by atoms with van der Waals surface area (Å²) in [5, 5.41) is 23.9. The van der Waals surface area contributed by atoms with Crippen molar-refractivity contribution in [3.8, 4) is 0 Å². The second-order valence-corrected chi connectivity index (χ2v) is 25.9. The minimum atomic E-state index is -0.901. The van der Waals surface area contributed by atoms with Crippen molar-refractivity contribution < 1.29 is 52.9 Å². The van der Waals surface area contributed by atoms with Gasteiger partial charge in [-0.15, -0.1) is 0 Å². The number of carbonyl (C=O) groups is 8. The van der Waals surface area contributed by atoms with Gasteiger partial charge in [0.05, 0.1) is 26.4 Å². The molecule has 518 valence electrons. The molecule has 0 spiro atoms. The summed E-state index contributed by atoms with van der Waals surface area (Å²) in [7, 11) is 0. The first kappa shape index (κ1) is 82.9. The van der Waals surface area contributed by atoms with E-state index in [9.17, 15) is 38.4 Å². The van der Waals surface area contributed by atoms with Gasteiger partial charge in [-0.25, -0.2) is 0 Å². The zero-order valence-electron chi connectivity index (χ0n) is 57.4. The third kappa shape index (κ3) is 49.2. The first-order valence-corrected chi connectivity index (χ1v) is 37.0. The number of carbonyl (C=O) groups excluding carboxylic acids is 7. The molecule has 1 aliphatic heterocycles. The standard InChI is InChI=1S/C72H134N6O11/c1-5-8-11-14-17-20-24-29-34-40-47-62(69(84)74-54-57-89-59-58-88-56-52-65(79)73-53-45-38-33-28-23-27-32-37-44-51-68(82)83)76-71(86)64(49-42-36-31-26-22-19-16-13-10-7-3)77-70(85)63(48-41-35-30-25-21-18-15-12-9-6-2)75-66(80)50-43-39-46-55-78-67(81)60-61(4)72(78)87/h61-64H,5-60H2,1-4H3,(H,73,79)(H,74,84)(H,75,80)(H,76,86)(H,77,85)(H,82,83). The van der Waals surface area contributed by atoms with Crippen LogP contribution < -0.4 is 26.6 Å². The molecule has 7 amide bonds. The zero-order chi connectivity index (χ0) is 65.1. The molecule has 4 atom stereocenters. The van der Waals surface area contributed by atoms with Crippen molar-refractivity contribution in [1.29, 1.82) is 0 Å². The van der Waals surface area contributed by atoms with Crippen LogP contribution in [0, 0.1) is 5.92 Å². The van der Waals surface area contributed by atoms with E-state index in [1.165, 1.54) is 120 Å². The summed E-state index contributed by atoms with van der Waals surface area (Å²) in [5.41, 5.74) is 0. The van der Waals surface area contributed by atoms with Crippen LogP contribution in [-0.4, -0.2) is 122 Å². The third-order valence-corrected chi connectivity index (χ3v) is 17.5. The Hall–Kier alpha value is -4.12. The molecule has 0 bridgehead atoms. The van der Waals surface area contributed by atoms with Gasteiger partial charge < -0.3 is 41.2 Å². The van der Waals surface area contributed by atoms with Gasteiger partial charge in [-0.1, -0.05) is 272 Å². The topological polar surface area (TPSA) is 239 Å². The second kappa shape index (κ2) is 60.1. The molecule has 0 saturated carbocycles. The number of likely N-dealkylation sites (tertiary alicyclic amines) is 1. The molecule has 89 heavy (non-hydrogen) atoms. The van der Waals surface area contributed by atoms with Gasteiger partial charge in [0.1, 0.15) is 18.1 Å². The normalized spacial score (nSPS) is 14.2. The van der Waals surface area contributed by atoms with Gasteiger partial charge in [0, 0.05) is 51.2 Å². The highest BCUT2D eigenvalue weighted by atomic mass is 16.5. The first-order chi connectivity index (χ1) is 43.3. The van der Waals surface area contributed by atoms with Crippen molar-refractivity contribution in [3.05, 3.63) is 0 Å². The molecule has 0 aromatic rings. The van der Waals surface area contributed by atoms with Crippen LogP contribution in [-0.2, 0) is 47.8 Å². The average Bonchev–Trinajstić information content (AvgIpc) is 2.79. The predicted octanol–water partition coefficient (Wildman–Crippen LogP) is 15.0. The molecule has 1 saturated heterocycles. The van der Waals surface area contributed by atoms with E-state index >= 15 is 0 Å². The lowest BCUT2D eigenvalue weighted by atomic mass is 10.0. The van der Waals surface area contributed by atoms with Gasteiger partial charge >= 0.3 is 5.97 Å². The van der Waals surface area contributed by atoms with Gasteiger partial charge in [0.2, 0.25) is 41.4 Å². The number of unbranched alkanes of at least 4 members (excludes halogenated alkanes) is 37. The average molecular weight is 1260 g/mol. The van der Waals surface area contributed by atoms with Gasteiger partial charge in [0.25, 0.3) is 0 Å². The second-order valence-electron chi connectivity index (χ2n) is 25.9. The minimum Gasteiger partial charge on any atom is -0.481 e. The largest absolute Gasteiger partial charge is 0.481 e. The first-order valence-electron chi connectivity index (χ1n) is 37.0. The fraction of sp³-hybridized carbons (Fsp3) is 0.889. The number of carboxylic acids is 1. The number of carboxylic acid groups (broad SMARTS) is 1. The number of hydrogen-bond donors (Lipinski definition) is 6. The van der Waals surface area contributed by atoms with Crippen LogP contribution >= 0.6 is 0 Å². The van der Waals surface area contributed by atoms with Crippen molar-refractivity contribution >= 4 is 47.3 Å². The molecule has 17 nitrogen and oxygen atoms in total. The summed E-state index contributed by atoms with van der Waals surface area (Å²) in [6.07, 6.45) is 47.4. The summed E-state index contributed by atoms with van der Waals surface area (Å²) < 4.78 is 11.4. The molecular formula is C72H134N6O11. The fourth-order valence-electron chi connectivity index (χ4n) is 11.8. The maximum Gasteiger partial charge on any atom is 0.303 e. The number of rotatable bonds is 66. The van der Waals surface area contributed by atoms with Crippen molar-refractivity contribution in [2.75, 3.05) is 46.1 Å². The van der Waals surface area contributed by atoms with E-state index < -0.39 is 35.9 Å². The third-order valence-electron chi connectivity index (χ3n) is 17.5. The Kier molecular flexibility index (Phi) is 56.0. The number of imide groups is 1. The van der Waals surface area contributed by atoms with Crippen molar-refractivity contribution in [1.82, 2.24) is 31.5 Å². The number of aliphatic carboxylic acids is 1. The van der Waals surface area contributed by atoms with Crippen LogP contribution in [0.15, 0.2) is 0 Å². The van der Waals surface area contributed by atoms with Crippen LogP contribution in [0.3, 0.4) is 0 Å². The Morgan fingerprint density at radius 3 is 1.20 bits per heavy atom. The Balaban J connectivity index is 2.98. The summed E-state index contributed by atoms with van der Waals surface area (Å²) in [6, 6.07) is -2.55. The maximum atomic E-state index is 14.6. The van der Waals surface area contributed by atoms with Crippen molar-refractivity contribution in [2.24, 2.45) is 5.92 Å². The fourth-order valence-corrected chi connectivity index (χ4v) is 11.8. The minimum absolute atomic E-state index is 0.0433. The molecule has 0 aromatic carbocycles. The molecule has 0 radical (unpaired) electrons. The molecule has 1 rings (SSSR count). The number of ether oxygens (including phenoxy) is 2. The van der Waals surface area contributed by atoms with E-state index in [1.807, 2.05) is 0 Å². The van der Waals surface area contributed by atoms with Crippen LogP contribution in [0.1, 0.15) is 342 Å². The molecule has 1 heterocycles. The molecular weight excluding hydrogens is 1120 g/mol. The molecule has 1 fully saturated rings. The summed E-state index contributed by atoms with van der Waals surface area (Å²) in [5.74, 6) is -2.67. The lowest BCUT2D eigenvalue weighted by Crippen LogP contribution is -2.56. The highest BCUT2D eigenvalue weighted by Gasteiger charge is 2.35. The molecule has 0 aromatic heterocycles. The van der Waals surface area contributed by atoms with Crippen LogP contribution in [0.2, 0.25) is 0 Å². The van der Waals surface area contributed by atoms with Gasteiger partial charge in [-0.3, -0.25) is 43.3 Å². The monoisotopic (exact) mass is 1260 g/mol. The van der Waals surface area contributed by atoms with E-state index in [0.717, 1.165) is 135 Å². The number of nitrogens with zero attached hydrogens (tertiary/aromatic N) is 1. The van der Waals surface area contributed by atoms with E-state index in [4.69, 9.17) is 14.6 Å². The Morgan fingerprint density at radius 1 is 0.404 bits per heavy atom. The van der Waals surface area contributed by atoms with E-state index in [0.29, 0.717) is 64.8 Å². The molecule has 1 aliphatic rings. The number of hydrogen-bond acceptors (Lipinski definition) is 10. The SMILES string of the molecule is CCCCCCCCCCCCC(NC(=O)CCCCCN1C(=O)CC(C)C1=O)C(=O)NC(CCCCCCCCCCCC)C(=O)NC(CCCCCCCCCCCC)C(=O)NCCOCCOCCC(=O)NCCCCCCCCCCCC(=O)O. The van der Waals surface area contributed by atoms with E-state index in [-0.39, 0.29) is 80.9 Å². The summed E-state index contributed by atoms with van der Waals surface area (Å²) in [6.45, 7) is 10.8. The quantitative estimate of drug-likeness (QED) is 0.0247. The van der Waals surface area contributed by atoms with Crippen molar-refractivity contribution in [3.63, 3.8) is 0 Å². The Morgan fingerprint density at radius 2 is 0.775 bits per heavy atom. The molecule has 17 heteroatoms. The number of nitrogens with one attached hydrogen (secondary N) is 5. The lowest BCUT2D eigenvalue weighted by Gasteiger charge is -2.26.